The van der Waals surface area contributed by atoms with Crippen LogP contribution < -0.4 is 0 Å². The van der Waals surface area contributed by atoms with Crippen LogP contribution in [0.3, 0.4) is 0 Å². The zero-order valence-corrected chi connectivity index (χ0v) is 8.88. The van der Waals surface area contributed by atoms with Gasteiger partial charge in [0.05, 0.1) is 18.9 Å². The van der Waals surface area contributed by atoms with E-state index in [1.54, 1.807) is 38.4 Å². The molecule has 0 radical (unpaired) electrons. The highest BCUT2D eigenvalue weighted by atomic mass is 16.3. The van der Waals surface area contributed by atoms with E-state index >= 15 is 0 Å². The third-order valence-electron chi connectivity index (χ3n) is 2.21. The summed E-state index contributed by atoms with van der Waals surface area (Å²) in [5.74, 6) is 0.473. The summed E-state index contributed by atoms with van der Waals surface area (Å²) < 4.78 is 5.04. The molecule has 0 bridgehead atoms. The van der Waals surface area contributed by atoms with Crippen molar-refractivity contribution in [3.05, 3.63) is 30.2 Å². The maximum absolute atomic E-state index is 11.5. The highest BCUT2D eigenvalue weighted by molar-refractivity contribution is 5.91. The summed E-state index contributed by atoms with van der Waals surface area (Å²) in [7, 11) is 1.65. The van der Waals surface area contributed by atoms with Crippen molar-refractivity contribution in [3.63, 3.8) is 0 Å². The van der Waals surface area contributed by atoms with Crippen LogP contribution in [-0.2, 0) is 4.79 Å². The fraction of sp³-hybridized carbons (Fsp3) is 0.364. The zero-order chi connectivity index (χ0) is 11.3. The number of furan rings is 1. The molecule has 0 saturated heterocycles. The van der Waals surface area contributed by atoms with Crippen molar-refractivity contribution < 1.29 is 14.3 Å². The summed E-state index contributed by atoms with van der Waals surface area (Å²) in [6.45, 7) is 1.73. The minimum absolute atomic E-state index is 0.0448. The van der Waals surface area contributed by atoms with Crippen molar-refractivity contribution in [2.75, 3.05) is 13.7 Å². The molecule has 1 aromatic rings. The quantitative estimate of drug-likeness (QED) is 0.756. The fourth-order valence-electron chi connectivity index (χ4n) is 0.997. The Morgan fingerprint density at radius 1 is 1.73 bits per heavy atom. The maximum Gasteiger partial charge on any atom is 0.246 e. The molecule has 0 aliphatic rings. The first-order valence-electron chi connectivity index (χ1n) is 4.74. The van der Waals surface area contributed by atoms with Crippen LogP contribution in [0.4, 0.5) is 0 Å². The monoisotopic (exact) mass is 209 g/mol. The van der Waals surface area contributed by atoms with Crippen LogP contribution in [-0.4, -0.2) is 35.6 Å². The third-order valence-corrected chi connectivity index (χ3v) is 2.21. The van der Waals surface area contributed by atoms with Crippen LogP contribution >= 0.6 is 0 Å². The van der Waals surface area contributed by atoms with Gasteiger partial charge in [-0.3, -0.25) is 4.79 Å². The first kappa shape index (κ1) is 11.5. The lowest BCUT2D eigenvalue weighted by atomic mass is 10.3. The molecule has 1 N–H and O–H groups in total. The summed E-state index contributed by atoms with van der Waals surface area (Å²) in [6, 6.07) is 3.34. The van der Waals surface area contributed by atoms with Crippen molar-refractivity contribution in [1.29, 1.82) is 0 Å². The minimum Gasteiger partial charge on any atom is -0.465 e. The van der Waals surface area contributed by atoms with E-state index in [2.05, 4.69) is 0 Å². The molecule has 4 heteroatoms. The molecule has 0 spiro atoms. The van der Waals surface area contributed by atoms with Crippen molar-refractivity contribution >= 4 is 12.0 Å². The molecule has 1 rings (SSSR count). The molecule has 0 saturated carbocycles. The number of aliphatic hydroxyl groups excluding tert-OH is 1. The summed E-state index contributed by atoms with van der Waals surface area (Å²) in [6.07, 6.45) is 4.57. The van der Waals surface area contributed by atoms with Crippen molar-refractivity contribution in [3.8, 4) is 0 Å². The number of carbonyl (C=O) groups is 1. The second-order valence-electron chi connectivity index (χ2n) is 3.33. The SMILES string of the molecule is CC(CO)N(C)C(=O)/C=C/c1ccco1. The van der Waals surface area contributed by atoms with Gasteiger partial charge in [0.1, 0.15) is 5.76 Å². The molecule has 0 aliphatic carbocycles. The second kappa shape index (κ2) is 5.36. The molecule has 1 heterocycles. The zero-order valence-electron chi connectivity index (χ0n) is 8.88. The average molecular weight is 209 g/mol. The van der Waals surface area contributed by atoms with E-state index in [0.29, 0.717) is 5.76 Å². The lowest BCUT2D eigenvalue weighted by Gasteiger charge is -2.21. The highest BCUT2D eigenvalue weighted by Gasteiger charge is 2.11. The molecule has 0 aliphatic heterocycles. The maximum atomic E-state index is 11.5. The van der Waals surface area contributed by atoms with Crippen LogP contribution in [0.1, 0.15) is 12.7 Å². The largest absolute Gasteiger partial charge is 0.465 e. The summed E-state index contributed by atoms with van der Waals surface area (Å²) in [5.41, 5.74) is 0. The Morgan fingerprint density at radius 3 is 3.00 bits per heavy atom. The smallest absolute Gasteiger partial charge is 0.246 e. The molecule has 0 fully saturated rings. The molecular formula is C11H15NO3. The Bertz CT molecular complexity index is 330. The van der Waals surface area contributed by atoms with Crippen LogP contribution in [0.2, 0.25) is 0 Å². The standard InChI is InChI=1S/C11H15NO3/c1-9(8-13)12(2)11(14)6-5-10-4-3-7-15-10/h3-7,9,13H,8H2,1-2H3/b6-5+. The van der Waals surface area contributed by atoms with Gasteiger partial charge < -0.3 is 14.4 Å². The van der Waals surface area contributed by atoms with E-state index in [9.17, 15) is 4.79 Å². The Labute approximate surface area is 88.8 Å². The fourth-order valence-corrected chi connectivity index (χ4v) is 0.997. The van der Waals surface area contributed by atoms with E-state index < -0.39 is 0 Å². The van der Waals surface area contributed by atoms with Crippen molar-refractivity contribution in [2.24, 2.45) is 0 Å². The number of hydrogen-bond donors (Lipinski definition) is 1. The van der Waals surface area contributed by atoms with E-state index in [0.717, 1.165) is 0 Å². The molecular weight excluding hydrogens is 194 g/mol. The Morgan fingerprint density at radius 2 is 2.47 bits per heavy atom. The van der Waals surface area contributed by atoms with Crippen LogP contribution in [0, 0.1) is 0 Å². The van der Waals surface area contributed by atoms with Gasteiger partial charge in [0.2, 0.25) is 5.91 Å². The molecule has 0 aromatic carbocycles. The van der Waals surface area contributed by atoms with Gasteiger partial charge >= 0.3 is 0 Å². The van der Waals surface area contributed by atoms with Gasteiger partial charge in [-0.1, -0.05) is 0 Å². The Kier molecular flexibility index (Phi) is 4.12. The Balaban J connectivity index is 2.55. The van der Waals surface area contributed by atoms with Gasteiger partial charge in [-0.2, -0.15) is 0 Å². The van der Waals surface area contributed by atoms with Gasteiger partial charge in [-0.15, -0.1) is 0 Å². The normalized spacial score (nSPS) is 13.0. The average Bonchev–Trinajstić information content (AvgIpc) is 2.76. The minimum atomic E-state index is -0.182. The van der Waals surface area contributed by atoms with Gasteiger partial charge in [-0.05, 0) is 25.1 Å². The van der Waals surface area contributed by atoms with Gasteiger partial charge in [0, 0.05) is 13.1 Å². The molecule has 82 valence electrons. The topological polar surface area (TPSA) is 53.7 Å². The lowest BCUT2D eigenvalue weighted by molar-refractivity contribution is -0.127. The van der Waals surface area contributed by atoms with Gasteiger partial charge in [0.15, 0.2) is 0 Å². The second-order valence-corrected chi connectivity index (χ2v) is 3.33. The third kappa shape index (κ3) is 3.25. The highest BCUT2D eigenvalue weighted by Crippen LogP contribution is 2.03. The number of nitrogens with zero attached hydrogens (tertiary/aromatic N) is 1. The predicted molar refractivity (Wildman–Crippen MR) is 57.1 cm³/mol. The van der Waals surface area contributed by atoms with E-state index in [4.69, 9.17) is 9.52 Å². The molecule has 1 atom stereocenters. The van der Waals surface area contributed by atoms with Crippen LogP contribution in [0.25, 0.3) is 6.08 Å². The first-order chi connectivity index (χ1) is 7.15. The number of likely N-dealkylation sites (N-methyl/N-ethyl adjacent to an activating group) is 1. The summed E-state index contributed by atoms with van der Waals surface area (Å²) in [4.78, 5) is 13.0. The number of aliphatic hydroxyl groups is 1. The van der Waals surface area contributed by atoms with Gasteiger partial charge in [0.25, 0.3) is 0 Å². The number of amides is 1. The van der Waals surface area contributed by atoms with E-state index in [1.807, 2.05) is 0 Å². The molecule has 1 aromatic heterocycles. The van der Waals surface area contributed by atoms with Gasteiger partial charge in [-0.25, -0.2) is 0 Å². The first-order valence-corrected chi connectivity index (χ1v) is 4.74. The molecule has 4 nitrogen and oxygen atoms in total. The van der Waals surface area contributed by atoms with Crippen molar-refractivity contribution in [1.82, 2.24) is 4.90 Å². The number of hydrogen-bond acceptors (Lipinski definition) is 3. The number of carbonyl (C=O) groups excluding carboxylic acids is 1. The molecule has 15 heavy (non-hydrogen) atoms. The molecule has 1 amide bonds. The predicted octanol–water partition coefficient (Wildman–Crippen LogP) is 1.13. The molecule has 1 unspecified atom stereocenters. The van der Waals surface area contributed by atoms with E-state index in [-0.39, 0.29) is 18.6 Å². The summed E-state index contributed by atoms with van der Waals surface area (Å²) >= 11 is 0. The Hall–Kier alpha value is -1.55. The van der Waals surface area contributed by atoms with Crippen LogP contribution in [0.5, 0.6) is 0 Å². The lowest BCUT2D eigenvalue weighted by Crippen LogP contribution is -2.36. The van der Waals surface area contributed by atoms with Crippen LogP contribution in [0.15, 0.2) is 28.9 Å². The summed E-state index contributed by atoms with van der Waals surface area (Å²) in [5, 5.41) is 8.87. The van der Waals surface area contributed by atoms with Crippen molar-refractivity contribution in [2.45, 2.75) is 13.0 Å². The number of rotatable bonds is 4. The van der Waals surface area contributed by atoms with E-state index in [1.165, 1.54) is 11.0 Å².